The van der Waals surface area contributed by atoms with E-state index in [0.29, 0.717) is 25.2 Å². The lowest BCUT2D eigenvalue weighted by molar-refractivity contribution is -0.129. The van der Waals surface area contributed by atoms with Gasteiger partial charge in [-0.3, -0.25) is 4.79 Å². The van der Waals surface area contributed by atoms with Crippen molar-refractivity contribution in [2.75, 3.05) is 19.6 Å². The SMILES string of the molecule is CCN(CC)S(=O)(=O)c1cc(C(=O)OC(C)C(=O)NCC(C)C)ccc1C. The van der Waals surface area contributed by atoms with Gasteiger partial charge in [0.1, 0.15) is 0 Å². The van der Waals surface area contributed by atoms with E-state index < -0.39 is 22.1 Å². The zero-order valence-corrected chi connectivity index (χ0v) is 17.7. The van der Waals surface area contributed by atoms with Gasteiger partial charge in [-0.15, -0.1) is 0 Å². The minimum atomic E-state index is -3.70. The molecule has 0 heterocycles. The molecule has 0 saturated heterocycles. The molecule has 0 saturated carbocycles. The van der Waals surface area contributed by atoms with Crippen LogP contribution >= 0.6 is 0 Å². The summed E-state index contributed by atoms with van der Waals surface area (Å²) >= 11 is 0. The maximum Gasteiger partial charge on any atom is 0.338 e. The monoisotopic (exact) mass is 398 g/mol. The summed E-state index contributed by atoms with van der Waals surface area (Å²) in [6.07, 6.45) is -0.972. The second kappa shape index (κ2) is 9.85. The van der Waals surface area contributed by atoms with Gasteiger partial charge in [-0.25, -0.2) is 13.2 Å². The third-order valence-electron chi connectivity index (χ3n) is 4.08. The lowest BCUT2D eigenvalue weighted by atomic mass is 10.1. The lowest BCUT2D eigenvalue weighted by Crippen LogP contribution is -2.37. The van der Waals surface area contributed by atoms with Crippen LogP contribution in [0.15, 0.2) is 23.1 Å². The van der Waals surface area contributed by atoms with E-state index in [1.54, 1.807) is 26.8 Å². The van der Waals surface area contributed by atoms with Crippen molar-refractivity contribution in [3.63, 3.8) is 0 Å². The van der Waals surface area contributed by atoms with Gasteiger partial charge in [-0.1, -0.05) is 33.8 Å². The minimum Gasteiger partial charge on any atom is -0.449 e. The number of aryl methyl sites for hydroxylation is 1. The van der Waals surface area contributed by atoms with Crippen molar-refractivity contribution < 1.29 is 22.7 Å². The topological polar surface area (TPSA) is 92.8 Å². The van der Waals surface area contributed by atoms with Gasteiger partial charge < -0.3 is 10.1 Å². The quantitative estimate of drug-likeness (QED) is 0.645. The van der Waals surface area contributed by atoms with Crippen LogP contribution in [0.3, 0.4) is 0 Å². The van der Waals surface area contributed by atoms with E-state index >= 15 is 0 Å². The number of esters is 1. The molecule has 1 aromatic carbocycles. The molecule has 1 rings (SSSR count). The molecular weight excluding hydrogens is 368 g/mol. The number of nitrogens with one attached hydrogen (secondary N) is 1. The van der Waals surface area contributed by atoms with Gasteiger partial charge >= 0.3 is 5.97 Å². The highest BCUT2D eigenvalue weighted by Gasteiger charge is 2.26. The average molecular weight is 399 g/mol. The third-order valence-corrected chi connectivity index (χ3v) is 6.28. The number of ether oxygens (including phenoxy) is 1. The Morgan fingerprint density at radius 3 is 2.26 bits per heavy atom. The highest BCUT2D eigenvalue weighted by atomic mass is 32.2. The number of carbonyl (C=O) groups is 2. The molecule has 0 bridgehead atoms. The Morgan fingerprint density at radius 1 is 1.15 bits per heavy atom. The van der Waals surface area contributed by atoms with Crippen LogP contribution in [0.4, 0.5) is 0 Å². The van der Waals surface area contributed by atoms with E-state index in [4.69, 9.17) is 4.74 Å². The maximum atomic E-state index is 12.8. The Bertz CT molecular complexity index is 770. The van der Waals surface area contributed by atoms with Crippen molar-refractivity contribution in [1.29, 1.82) is 0 Å². The number of amides is 1. The molecule has 7 nitrogen and oxygen atoms in total. The Morgan fingerprint density at radius 2 is 1.74 bits per heavy atom. The average Bonchev–Trinajstić information content (AvgIpc) is 2.60. The van der Waals surface area contributed by atoms with Crippen LogP contribution in [-0.4, -0.2) is 50.3 Å². The Kier molecular flexibility index (Phi) is 8.43. The maximum absolute atomic E-state index is 12.8. The molecule has 1 aromatic rings. The molecule has 0 aliphatic rings. The van der Waals surface area contributed by atoms with Crippen LogP contribution in [0.5, 0.6) is 0 Å². The second-order valence-corrected chi connectivity index (χ2v) is 8.66. The number of hydrogen-bond donors (Lipinski definition) is 1. The molecule has 0 spiro atoms. The van der Waals surface area contributed by atoms with E-state index in [1.807, 2.05) is 13.8 Å². The molecule has 1 N–H and O–H groups in total. The predicted molar refractivity (Wildman–Crippen MR) is 104 cm³/mol. The van der Waals surface area contributed by atoms with E-state index in [-0.39, 0.29) is 22.3 Å². The van der Waals surface area contributed by atoms with Crippen molar-refractivity contribution in [2.24, 2.45) is 5.92 Å². The molecule has 1 unspecified atom stereocenters. The molecule has 0 aliphatic carbocycles. The summed E-state index contributed by atoms with van der Waals surface area (Å²) in [5.41, 5.74) is 0.635. The van der Waals surface area contributed by atoms with E-state index in [1.165, 1.54) is 23.4 Å². The van der Waals surface area contributed by atoms with Crippen molar-refractivity contribution >= 4 is 21.9 Å². The summed E-state index contributed by atoms with van der Waals surface area (Å²) in [5.74, 6) is -0.847. The van der Waals surface area contributed by atoms with Crippen LogP contribution in [-0.2, 0) is 19.6 Å². The summed E-state index contributed by atoms with van der Waals surface area (Å²) < 4.78 is 32.1. The normalized spacial score (nSPS) is 12.9. The van der Waals surface area contributed by atoms with Gasteiger partial charge in [0.2, 0.25) is 10.0 Å². The first-order chi connectivity index (χ1) is 12.5. The molecule has 152 valence electrons. The van der Waals surface area contributed by atoms with Crippen LogP contribution < -0.4 is 5.32 Å². The number of hydrogen-bond acceptors (Lipinski definition) is 5. The number of nitrogens with zero attached hydrogens (tertiary/aromatic N) is 1. The van der Waals surface area contributed by atoms with Gasteiger partial charge in [0, 0.05) is 19.6 Å². The number of carbonyl (C=O) groups excluding carboxylic acids is 2. The largest absolute Gasteiger partial charge is 0.449 e. The number of rotatable bonds is 9. The fourth-order valence-corrected chi connectivity index (χ4v) is 4.15. The van der Waals surface area contributed by atoms with Crippen molar-refractivity contribution in [3.05, 3.63) is 29.3 Å². The number of sulfonamides is 1. The van der Waals surface area contributed by atoms with Gasteiger partial charge in [0.15, 0.2) is 6.10 Å². The van der Waals surface area contributed by atoms with Crippen molar-refractivity contribution in [1.82, 2.24) is 9.62 Å². The smallest absolute Gasteiger partial charge is 0.338 e. The first-order valence-corrected chi connectivity index (χ1v) is 10.6. The fraction of sp³-hybridized carbons (Fsp3) is 0.579. The molecule has 0 aliphatic heterocycles. The minimum absolute atomic E-state index is 0.0672. The van der Waals surface area contributed by atoms with Crippen molar-refractivity contribution in [3.8, 4) is 0 Å². The molecule has 0 radical (unpaired) electrons. The summed E-state index contributed by atoms with van der Waals surface area (Å²) in [6.45, 7) is 11.7. The van der Waals surface area contributed by atoms with Crippen molar-refractivity contribution in [2.45, 2.75) is 52.5 Å². The highest BCUT2D eigenvalue weighted by molar-refractivity contribution is 7.89. The Labute approximate surface area is 162 Å². The molecular formula is C19H30N2O5S. The summed E-state index contributed by atoms with van der Waals surface area (Å²) in [7, 11) is -3.70. The molecule has 0 aromatic heterocycles. The highest BCUT2D eigenvalue weighted by Crippen LogP contribution is 2.22. The standard InChI is InChI=1S/C19H30N2O5S/c1-7-21(8-2)27(24,25)17-11-16(10-9-14(17)5)19(23)26-15(6)18(22)20-12-13(3)4/h9-11,13,15H,7-8,12H2,1-6H3,(H,20,22). The second-order valence-electron chi connectivity index (χ2n) is 6.76. The van der Waals surface area contributed by atoms with Gasteiger partial charge in [-0.2, -0.15) is 4.31 Å². The van der Waals surface area contributed by atoms with Crippen LogP contribution in [0, 0.1) is 12.8 Å². The van der Waals surface area contributed by atoms with Gasteiger partial charge in [0.05, 0.1) is 10.5 Å². The zero-order chi connectivity index (χ0) is 20.8. The van der Waals surface area contributed by atoms with Crippen LogP contribution in [0.25, 0.3) is 0 Å². The van der Waals surface area contributed by atoms with E-state index in [0.717, 1.165) is 0 Å². The van der Waals surface area contributed by atoms with Gasteiger partial charge in [0.25, 0.3) is 5.91 Å². The third kappa shape index (κ3) is 6.04. The predicted octanol–water partition coefficient (Wildman–Crippen LogP) is 2.34. The van der Waals surface area contributed by atoms with E-state index in [2.05, 4.69) is 5.32 Å². The summed E-state index contributed by atoms with van der Waals surface area (Å²) in [4.78, 5) is 24.4. The molecule has 27 heavy (non-hydrogen) atoms. The molecule has 8 heteroatoms. The first kappa shape index (κ1) is 23.1. The van der Waals surface area contributed by atoms with E-state index in [9.17, 15) is 18.0 Å². The molecule has 1 amide bonds. The lowest BCUT2D eigenvalue weighted by Gasteiger charge is -2.20. The fourth-order valence-electron chi connectivity index (χ4n) is 2.44. The Balaban J connectivity index is 3.02. The summed E-state index contributed by atoms with van der Waals surface area (Å²) in [6, 6.07) is 4.37. The van der Waals surface area contributed by atoms with Gasteiger partial charge in [-0.05, 0) is 37.5 Å². The molecule has 0 fully saturated rings. The Hall–Kier alpha value is -1.93. The first-order valence-electron chi connectivity index (χ1n) is 9.14. The number of benzene rings is 1. The van der Waals surface area contributed by atoms with Crippen LogP contribution in [0.1, 0.15) is 50.5 Å². The summed E-state index contributed by atoms with van der Waals surface area (Å²) in [5, 5.41) is 2.69. The van der Waals surface area contributed by atoms with Crippen LogP contribution in [0.2, 0.25) is 0 Å². The molecule has 1 atom stereocenters. The zero-order valence-electron chi connectivity index (χ0n) is 16.9.